The number of carbonyl (C=O) groups excluding carboxylic acids is 2. The van der Waals surface area contributed by atoms with Crippen LogP contribution >= 0.6 is 56.3 Å². The third kappa shape index (κ3) is 5.25. The van der Waals surface area contributed by atoms with E-state index in [1.165, 1.54) is 19.6 Å². The van der Waals surface area contributed by atoms with Gasteiger partial charge < -0.3 is 4.74 Å². The molecule has 212 valence electrons. The maximum Gasteiger partial charge on any atom is 0.340 e. The van der Waals surface area contributed by atoms with E-state index in [0.717, 1.165) is 8.95 Å². The van der Waals surface area contributed by atoms with Gasteiger partial charge in [-0.3, -0.25) is 10.8 Å². The number of nitrogens with one attached hydrogen (secondary N) is 2. The van der Waals surface area contributed by atoms with E-state index in [0.29, 0.717) is 34.2 Å². The fourth-order valence-electron chi connectivity index (χ4n) is 4.55. The molecule has 13 heteroatoms. The summed E-state index contributed by atoms with van der Waals surface area (Å²) >= 11 is 17.6. The predicted octanol–water partition coefficient (Wildman–Crippen LogP) is 8.51. The molecule has 0 radical (unpaired) electrons. The summed E-state index contributed by atoms with van der Waals surface area (Å²) in [4.78, 5) is 31.8. The SMILES string of the molecule is N=C1C(=S)N(c2ccc(Br)cc2)C(=O)N1c1ccc(Oc2ccc(N3C(=N)C(=S)N(c4ccc(Br)cc4)C3=O)cc2)cc1. The summed E-state index contributed by atoms with van der Waals surface area (Å²) in [5.74, 6) is 0.809. The Kier molecular flexibility index (Phi) is 7.65. The second-order valence-corrected chi connectivity index (χ2v) is 11.9. The van der Waals surface area contributed by atoms with Crippen LogP contribution in [0.2, 0.25) is 0 Å². The minimum absolute atomic E-state index is 0.0904. The van der Waals surface area contributed by atoms with Crippen molar-refractivity contribution in [3.05, 3.63) is 106 Å². The van der Waals surface area contributed by atoms with Crippen LogP contribution in [0.1, 0.15) is 0 Å². The summed E-state index contributed by atoms with van der Waals surface area (Å²) in [6.45, 7) is 0. The van der Waals surface area contributed by atoms with Crippen LogP contribution in [0.4, 0.5) is 32.3 Å². The highest BCUT2D eigenvalue weighted by molar-refractivity contribution is 9.10. The van der Waals surface area contributed by atoms with E-state index in [1.807, 2.05) is 0 Å². The van der Waals surface area contributed by atoms with Gasteiger partial charge in [-0.2, -0.15) is 0 Å². The van der Waals surface area contributed by atoms with Crippen LogP contribution in [0.3, 0.4) is 0 Å². The van der Waals surface area contributed by atoms with E-state index < -0.39 is 12.1 Å². The molecule has 4 aromatic carbocycles. The molecule has 4 amide bonds. The van der Waals surface area contributed by atoms with E-state index in [2.05, 4.69) is 31.9 Å². The Bertz CT molecular complexity index is 1700. The van der Waals surface area contributed by atoms with Crippen LogP contribution in [0.15, 0.2) is 106 Å². The van der Waals surface area contributed by atoms with Crippen molar-refractivity contribution in [3.63, 3.8) is 0 Å². The van der Waals surface area contributed by atoms with E-state index in [9.17, 15) is 9.59 Å². The van der Waals surface area contributed by atoms with Crippen molar-refractivity contribution in [1.82, 2.24) is 0 Å². The number of hydrogen-bond donors (Lipinski definition) is 2. The minimum Gasteiger partial charge on any atom is -0.457 e. The molecular formula is C30H18Br2N6O3S2. The highest BCUT2D eigenvalue weighted by atomic mass is 79.9. The molecule has 43 heavy (non-hydrogen) atoms. The number of benzene rings is 4. The lowest BCUT2D eigenvalue weighted by atomic mass is 10.2. The lowest BCUT2D eigenvalue weighted by Gasteiger charge is -2.18. The summed E-state index contributed by atoms with van der Waals surface area (Å²) in [6.07, 6.45) is 0. The van der Waals surface area contributed by atoms with E-state index in [4.69, 9.17) is 40.0 Å². The molecule has 0 spiro atoms. The predicted molar refractivity (Wildman–Crippen MR) is 183 cm³/mol. The molecule has 0 atom stereocenters. The first-order valence-electron chi connectivity index (χ1n) is 12.6. The molecule has 0 aliphatic carbocycles. The number of thiocarbonyl (C=S) groups is 2. The maximum absolute atomic E-state index is 13.2. The first-order chi connectivity index (χ1) is 20.6. The average molecular weight is 734 g/mol. The quantitative estimate of drug-likeness (QED) is 0.194. The molecule has 2 heterocycles. The van der Waals surface area contributed by atoms with Gasteiger partial charge in [-0.05, 0) is 97.1 Å². The first-order valence-corrected chi connectivity index (χ1v) is 15.0. The second-order valence-electron chi connectivity index (χ2n) is 9.26. The number of urea groups is 2. The van der Waals surface area contributed by atoms with Crippen LogP contribution < -0.4 is 24.3 Å². The molecule has 0 saturated carbocycles. The van der Waals surface area contributed by atoms with Gasteiger partial charge in [0.05, 0.1) is 22.7 Å². The van der Waals surface area contributed by atoms with Gasteiger partial charge in [0.1, 0.15) is 11.5 Å². The summed E-state index contributed by atoms with van der Waals surface area (Å²) in [7, 11) is 0. The average Bonchev–Trinajstić information content (AvgIpc) is 3.36. The van der Waals surface area contributed by atoms with Crippen molar-refractivity contribution in [2.45, 2.75) is 0 Å². The number of anilines is 4. The summed E-state index contributed by atoms with van der Waals surface area (Å²) < 4.78 is 7.70. The Morgan fingerprint density at radius 2 is 0.767 bits per heavy atom. The standard InChI is InChI=1S/C30H18Br2N6O3S2/c31-17-1-5-21(6-2-17)37-27(42)25(33)35(29(37)39)19-9-13-23(14-10-19)41-24-15-11-20(12-16-24)36-26(34)28(43)38(30(36)40)22-7-3-18(32)4-8-22/h1-16,33-34H. The molecule has 4 aromatic rings. The van der Waals surface area contributed by atoms with Gasteiger partial charge in [-0.15, -0.1) is 0 Å². The van der Waals surface area contributed by atoms with Crippen LogP contribution in [-0.4, -0.2) is 33.7 Å². The summed E-state index contributed by atoms with van der Waals surface area (Å²) in [5.41, 5.74) is 2.08. The zero-order valence-corrected chi connectivity index (χ0v) is 26.6. The molecule has 0 aromatic heterocycles. The van der Waals surface area contributed by atoms with Gasteiger partial charge in [0.25, 0.3) is 0 Å². The fraction of sp³-hybridized carbons (Fsp3) is 0. The van der Waals surface area contributed by atoms with Gasteiger partial charge in [0.2, 0.25) is 0 Å². The third-order valence-electron chi connectivity index (χ3n) is 6.62. The molecule has 2 aliphatic rings. The lowest BCUT2D eigenvalue weighted by molar-refractivity contribution is 0.256. The van der Waals surface area contributed by atoms with Gasteiger partial charge in [0, 0.05) is 8.95 Å². The Labute approximate surface area is 273 Å². The topological polar surface area (TPSA) is 104 Å². The Hall–Kier alpha value is -4.30. The molecule has 2 aliphatic heterocycles. The molecule has 2 fully saturated rings. The van der Waals surface area contributed by atoms with Crippen molar-refractivity contribution in [2.75, 3.05) is 19.6 Å². The number of hydrogen-bond acceptors (Lipinski definition) is 7. The van der Waals surface area contributed by atoms with Crippen molar-refractivity contribution >= 4 is 113 Å². The number of carbonyl (C=O) groups is 2. The van der Waals surface area contributed by atoms with Gasteiger partial charge in [0.15, 0.2) is 21.6 Å². The van der Waals surface area contributed by atoms with Gasteiger partial charge in [-0.25, -0.2) is 29.2 Å². The number of nitrogens with zero attached hydrogens (tertiary/aromatic N) is 4. The molecular weight excluding hydrogens is 716 g/mol. The largest absolute Gasteiger partial charge is 0.457 e. The Balaban J connectivity index is 1.15. The second kappa shape index (κ2) is 11.4. The summed E-state index contributed by atoms with van der Waals surface area (Å²) in [5, 5.41) is 16.9. The third-order valence-corrected chi connectivity index (χ3v) is 8.43. The Morgan fingerprint density at radius 3 is 1.09 bits per heavy atom. The van der Waals surface area contributed by atoms with Crippen molar-refractivity contribution in [3.8, 4) is 11.5 Å². The van der Waals surface area contributed by atoms with Crippen molar-refractivity contribution in [1.29, 1.82) is 10.8 Å². The normalized spacial score (nSPS) is 15.3. The van der Waals surface area contributed by atoms with Crippen LogP contribution in [-0.2, 0) is 0 Å². The van der Waals surface area contributed by atoms with E-state index in [1.54, 1.807) is 97.1 Å². The summed E-state index contributed by atoms with van der Waals surface area (Å²) in [6, 6.07) is 26.8. The number of amidine groups is 2. The molecule has 2 saturated heterocycles. The molecule has 0 bridgehead atoms. The first kappa shape index (κ1) is 28.8. The number of halogens is 2. The minimum atomic E-state index is -0.443. The zero-order valence-electron chi connectivity index (χ0n) is 21.8. The lowest BCUT2D eigenvalue weighted by Crippen LogP contribution is -2.33. The van der Waals surface area contributed by atoms with Crippen molar-refractivity contribution < 1.29 is 14.3 Å². The number of amides is 4. The van der Waals surface area contributed by atoms with Gasteiger partial charge in [-0.1, -0.05) is 56.3 Å². The Morgan fingerprint density at radius 1 is 0.488 bits per heavy atom. The molecule has 6 rings (SSSR count). The van der Waals surface area contributed by atoms with Crippen LogP contribution in [0.25, 0.3) is 0 Å². The zero-order chi connectivity index (χ0) is 30.4. The smallest absolute Gasteiger partial charge is 0.340 e. The maximum atomic E-state index is 13.2. The fourth-order valence-corrected chi connectivity index (χ4v) is 5.62. The van der Waals surface area contributed by atoms with Crippen molar-refractivity contribution in [2.24, 2.45) is 0 Å². The molecule has 0 unspecified atom stereocenters. The van der Waals surface area contributed by atoms with Crippen LogP contribution in [0, 0.1) is 10.8 Å². The highest BCUT2D eigenvalue weighted by Gasteiger charge is 2.41. The number of rotatable bonds is 6. The number of ether oxygens (including phenoxy) is 1. The molecule has 2 N–H and O–H groups in total. The van der Waals surface area contributed by atoms with E-state index >= 15 is 0 Å². The van der Waals surface area contributed by atoms with E-state index in [-0.39, 0.29) is 21.6 Å². The highest BCUT2D eigenvalue weighted by Crippen LogP contribution is 2.33. The van der Waals surface area contributed by atoms with Crippen LogP contribution in [0.5, 0.6) is 11.5 Å². The monoisotopic (exact) mass is 732 g/mol. The molecule has 9 nitrogen and oxygen atoms in total. The van der Waals surface area contributed by atoms with Gasteiger partial charge >= 0.3 is 12.1 Å².